The first-order valence-electron chi connectivity index (χ1n) is 8.46. The molecule has 2 aromatic heterocycles. The summed E-state index contributed by atoms with van der Waals surface area (Å²) in [6.45, 7) is 0.0885. The average Bonchev–Trinajstić information content (AvgIpc) is 3.17. The number of thiophene rings is 1. The molecule has 0 N–H and O–H groups in total. The van der Waals surface area contributed by atoms with Crippen molar-refractivity contribution in [3.63, 3.8) is 0 Å². The second-order valence-corrected chi connectivity index (χ2v) is 7.78. The number of hydrogen-bond acceptors (Lipinski definition) is 5. The highest BCUT2D eigenvalue weighted by Crippen LogP contribution is 2.32. The zero-order valence-corrected chi connectivity index (χ0v) is 16.1. The summed E-state index contributed by atoms with van der Waals surface area (Å²) in [5.41, 5.74) is 3.12. The van der Waals surface area contributed by atoms with Gasteiger partial charge in [-0.2, -0.15) is 5.26 Å². The van der Waals surface area contributed by atoms with Gasteiger partial charge in [0, 0.05) is 5.39 Å². The van der Waals surface area contributed by atoms with E-state index in [1.807, 2.05) is 36.4 Å². The molecule has 6 heteroatoms. The van der Waals surface area contributed by atoms with Crippen LogP contribution in [-0.2, 0) is 11.3 Å². The van der Waals surface area contributed by atoms with E-state index in [1.54, 1.807) is 30.3 Å². The molecule has 0 bridgehead atoms. The van der Waals surface area contributed by atoms with Gasteiger partial charge in [-0.1, -0.05) is 41.9 Å². The van der Waals surface area contributed by atoms with Gasteiger partial charge in [0.15, 0.2) is 0 Å². The normalized spacial score (nSPS) is 10.6. The van der Waals surface area contributed by atoms with Crippen LogP contribution in [0.4, 0.5) is 0 Å². The van der Waals surface area contributed by atoms with Crippen molar-refractivity contribution in [1.29, 1.82) is 5.26 Å². The predicted molar refractivity (Wildman–Crippen MR) is 110 cm³/mol. The Morgan fingerprint density at radius 2 is 1.96 bits per heavy atom. The Labute approximate surface area is 170 Å². The lowest BCUT2D eigenvalue weighted by atomic mass is 10.1. The Morgan fingerprint density at radius 3 is 2.75 bits per heavy atom. The van der Waals surface area contributed by atoms with Crippen molar-refractivity contribution in [2.24, 2.45) is 0 Å². The van der Waals surface area contributed by atoms with Crippen LogP contribution in [0.3, 0.4) is 0 Å². The zero-order valence-electron chi connectivity index (χ0n) is 14.6. The molecule has 0 saturated carbocycles. The van der Waals surface area contributed by atoms with Gasteiger partial charge in [0.25, 0.3) is 0 Å². The second kappa shape index (κ2) is 7.81. The van der Waals surface area contributed by atoms with Gasteiger partial charge in [0.1, 0.15) is 6.61 Å². The maximum absolute atomic E-state index is 12.8. The smallest absolute Gasteiger partial charge is 0.339 e. The first kappa shape index (κ1) is 18.2. The average molecular weight is 405 g/mol. The minimum atomic E-state index is -0.440. The number of carbonyl (C=O) groups excluding carboxylic acids is 1. The number of carbonyl (C=O) groups is 1. The Balaban J connectivity index is 1.68. The van der Waals surface area contributed by atoms with Crippen LogP contribution in [0.2, 0.25) is 4.34 Å². The van der Waals surface area contributed by atoms with Crippen molar-refractivity contribution >= 4 is 39.8 Å². The lowest BCUT2D eigenvalue weighted by Gasteiger charge is -2.10. The fourth-order valence-corrected chi connectivity index (χ4v) is 3.88. The minimum Gasteiger partial charge on any atom is -0.457 e. The van der Waals surface area contributed by atoms with Crippen LogP contribution >= 0.6 is 22.9 Å². The number of aromatic nitrogens is 1. The van der Waals surface area contributed by atoms with E-state index in [0.717, 1.165) is 15.8 Å². The molecule has 4 rings (SSSR count). The third-order valence-corrected chi connectivity index (χ3v) is 5.44. The molecular formula is C22H13ClN2O2S. The van der Waals surface area contributed by atoms with Crippen LogP contribution in [0.15, 0.2) is 66.7 Å². The summed E-state index contributed by atoms with van der Waals surface area (Å²) < 4.78 is 6.18. The summed E-state index contributed by atoms with van der Waals surface area (Å²) in [4.78, 5) is 18.4. The summed E-state index contributed by atoms with van der Waals surface area (Å²) in [6, 6.07) is 21.9. The largest absolute Gasteiger partial charge is 0.457 e. The number of fused-ring (bicyclic) bond motifs is 1. The lowest BCUT2D eigenvalue weighted by molar-refractivity contribution is 0.0475. The molecule has 136 valence electrons. The van der Waals surface area contributed by atoms with E-state index in [0.29, 0.717) is 26.7 Å². The van der Waals surface area contributed by atoms with E-state index in [1.165, 1.54) is 11.3 Å². The summed E-state index contributed by atoms with van der Waals surface area (Å²) >= 11 is 7.45. The Hall–Kier alpha value is -3.20. The number of hydrogen-bond donors (Lipinski definition) is 0. The lowest BCUT2D eigenvalue weighted by Crippen LogP contribution is -2.07. The number of rotatable bonds is 4. The molecule has 0 aliphatic heterocycles. The molecular weight excluding hydrogens is 392 g/mol. The topological polar surface area (TPSA) is 63.0 Å². The van der Waals surface area contributed by atoms with Crippen LogP contribution in [0.25, 0.3) is 21.5 Å². The number of nitriles is 1. The summed E-state index contributed by atoms with van der Waals surface area (Å²) in [7, 11) is 0. The first-order chi connectivity index (χ1) is 13.6. The quantitative estimate of drug-likeness (QED) is 0.400. The Kier molecular flexibility index (Phi) is 5.07. The molecule has 0 amide bonds. The van der Waals surface area contributed by atoms with Gasteiger partial charge >= 0.3 is 5.97 Å². The molecule has 2 aromatic carbocycles. The monoisotopic (exact) mass is 404 g/mol. The highest BCUT2D eigenvalue weighted by Gasteiger charge is 2.16. The molecule has 0 spiro atoms. The van der Waals surface area contributed by atoms with Crippen molar-refractivity contribution < 1.29 is 9.53 Å². The van der Waals surface area contributed by atoms with Gasteiger partial charge in [-0.25, -0.2) is 9.78 Å². The number of benzene rings is 2. The predicted octanol–water partition coefficient (Wildman–Crippen LogP) is 5.85. The van der Waals surface area contributed by atoms with Gasteiger partial charge in [-0.15, -0.1) is 11.3 Å². The molecule has 0 unspecified atom stereocenters. The van der Waals surface area contributed by atoms with Crippen LogP contribution in [0, 0.1) is 11.3 Å². The number of pyridine rings is 1. The van der Waals surface area contributed by atoms with E-state index in [9.17, 15) is 4.79 Å². The summed E-state index contributed by atoms with van der Waals surface area (Å²) in [6.07, 6.45) is 0. The first-order valence-corrected chi connectivity index (χ1v) is 9.65. The van der Waals surface area contributed by atoms with Crippen LogP contribution in [-0.4, -0.2) is 11.0 Å². The highest BCUT2D eigenvalue weighted by atomic mass is 35.5. The van der Waals surface area contributed by atoms with Crippen LogP contribution in [0.5, 0.6) is 0 Å². The molecule has 4 nitrogen and oxygen atoms in total. The number of para-hydroxylation sites is 1. The molecule has 28 heavy (non-hydrogen) atoms. The molecule has 0 radical (unpaired) electrons. The van der Waals surface area contributed by atoms with E-state index >= 15 is 0 Å². The molecule has 4 aromatic rings. The zero-order chi connectivity index (χ0) is 19.5. The number of nitrogens with zero attached hydrogens (tertiary/aromatic N) is 2. The van der Waals surface area contributed by atoms with Gasteiger partial charge in [0.05, 0.1) is 37.6 Å². The Bertz CT molecular complexity index is 1230. The number of ether oxygens (including phenoxy) is 1. The van der Waals surface area contributed by atoms with E-state index < -0.39 is 5.97 Å². The van der Waals surface area contributed by atoms with Gasteiger partial charge in [-0.3, -0.25) is 0 Å². The van der Waals surface area contributed by atoms with E-state index in [2.05, 4.69) is 11.1 Å². The maximum atomic E-state index is 12.8. The number of halogens is 1. The second-order valence-electron chi connectivity index (χ2n) is 6.06. The van der Waals surface area contributed by atoms with Crippen LogP contribution < -0.4 is 0 Å². The standard InChI is InChI=1S/C22H13ClN2O2S/c23-21-9-8-20(28-21)19-11-17(16-6-1-2-7-18(16)25-19)22(26)27-13-15-5-3-4-14(10-15)12-24/h1-11H,13H2. The number of esters is 1. The highest BCUT2D eigenvalue weighted by molar-refractivity contribution is 7.19. The fraction of sp³-hybridized carbons (Fsp3) is 0.0455. The third-order valence-electron chi connectivity index (χ3n) is 4.19. The van der Waals surface area contributed by atoms with E-state index in [-0.39, 0.29) is 6.61 Å². The Morgan fingerprint density at radius 1 is 1.11 bits per heavy atom. The molecule has 0 saturated heterocycles. The fourth-order valence-electron chi connectivity index (χ4n) is 2.88. The van der Waals surface area contributed by atoms with Gasteiger partial charge < -0.3 is 4.74 Å². The molecule has 0 aliphatic carbocycles. The van der Waals surface area contributed by atoms with Crippen molar-refractivity contribution in [1.82, 2.24) is 4.98 Å². The molecule has 0 atom stereocenters. The summed E-state index contributed by atoms with van der Waals surface area (Å²) in [5.74, 6) is -0.440. The van der Waals surface area contributed by atoms with Crippen LogP contribution in [0.1, 0.15) is 21.5 Å². The SMILES string of the molecule is N#Cc1cccc(COC(=O)c2cc(-c3ccc(Cl)s3)nc3ccccc23)c1. The summed E-state index contributed by atoms with van der Waals surface area (Å²) in [5, 5.41) is 9.73. The molecule has 0 fully saturated rings. The maximum Gasteiger partial charge on any atom is 0.339 e. The van der Waals surface area contributed by atoms with Crippen molar-refractivity contribution in [3.05, 3.63) is 87.8 Å². The third kappa shape index (κ3) is 3.74. The van der Waals surface area contributed by atoms with Gasteiger partial charge in [-0.05, 0) is 42.0 Å². The van der Waals surface area contributed by atoms with Crippen molar-refractivity contribution in [2.75, 3.05) is 0 Å². The van der Waals surface area contributed by atoms with Crippen molar-refractivity contribution in [2.45, 2.75) is 6.61 Å². The molecule has 0 aliphatic rings. The van der Waals surface area contributed by atoms with Gasteiger partial charge in [0.2, 0.25) is 0 Å². The van der Waals surface area contributed by atoms with E-state index in [4.69, 9.17) is 21.6 Å². The molecule has 2 heterocycles. The van der Waals surface area contributed by atoms with Crippen molar-refractivity contribution in [3.8, 4) is 16.6 Å². The minimum absolute atomic E-state index is 0.0885.